The fraction of sp³-hybridized carbons (Fsp3) is 0.280. The highest BCUT2D eigenvalue weighted by atomic mass is 16.2. The number of hydrogen-bond donors (Lipinski definition) is 0. The predicted molar refractivity (Wildman–Crippen MR) is 113 cm³/mol. The third kappa shape index (κ3) is 3.57. The van der Waals surface area contributed by atoms with Gasteiger partial charge in [0.15, 0.2) is 0 Å². The molecule has 5 rings (SSSR count). The van der Waals surface area contributed by atoms with Crippen LogP contribution in [0.3, 0.4) is 0 Å². The highest BCUT2D eigenvalue weighted by molar-refractivity contribution is 5.84. The molecule has 1 aliphatic heterocycles. The predicted octanol–water partition coefficient (Wildman–Crippen LogP) is 5.01. The van der Waals surface area contributed by atoms with Crippen molar-refractivity contribution in [3.8, 4) is 11.1 Å². The normalized spacial score (nSPS) is 16.9. The van der Waals surface area contributed by atoms with Crippen LogP contribution in [-0.2, 0) is 11.2 Å². The number of benzene rings is 2. The third-order valence-electron chi connectivity index (χ3n) is 5.87. The van der Waals surface area contributed by atoms with Gasteiger partial charge in [-0.05, 0) is 54.5 Å². The van der Waals surface area contributed by atoms with Crippen LogP contribution in [0.5, 0.6) is 0 Å². The van der Waals surface area contributed by atoms with Gasteiger partial charge in [-0.25, -0.2) is 0 Å². The molecule has 3 nitrogen and oxygen atoms in total. The van der Waals surface area contributed by atoms with E-state index in [4.69, 9.17) is 0 Å². The first-order chi connectivity index (χ1) is 13.8. The van der Waals surface area contributed by atoms with Gasteiger partial charge in [0.2, 0.25) is 5.91 Å². The van der Waals surface area contributed by atoms with Crippen LogP contribution in [0, 0.1) is 5.92 Å². The summed E-state index contributed by atoms with van der Waals surface area (Å²) in [6.07, 6.45) is 8.25. The van der Waals surface area contributed by atoms with E-state index in [2.05, 4.69) is 59.6 Å². The second-order valence-corrected chi connectivity index (χ2v) is 7.96. The van der Waals surface area contributed by atoms with Gasteiger partial charge in [0.05, 0.1) is 5.52 Å². The summed E-state index contributed by atoms with van der Waals surface area (Å²) < 4.78 is 0. The van der Waals surface area contributed by atoms with Crippen LogP contribution >= 0.6 is 0 Å². The van der Waals surface area contributed by atoms with Gasteiger partial charge in [0.1, 0.15) is 0 Å². The highest BCUT2D eigenvalue weighted by Gasteiger charge is 2.33. The van der Waals surface area contributed by atoms with Crippen molar-refractivity contribution in [3.63, 3.8) is 0 Å². The van der Waals surface area contributed by atoms with Crippen molar-refractivity contribution < 1.29 is 4.79 Å². The molecule has 140 valence electrons. The fourth-order valence-corrected chi connectivity index (χ4v) is 3.98. The van der Waals surface area contributed by atoms with Gasteiger partial charge in [-0.1, -0.05) is 54.1 Å². The molecule has 0 N–H and O–H groups in total. The Kier molecular flexibility index (Phi) is 4.44. The van der Waals surface area contributed by atoms with Crippen molar-refractivity contribution in [1.29, 1.82) is 0 Å². The average molecular weight is 368 g/mol. The van der Waals surface area contributed by atoms with Crippen molar-refractivity contribution in [1.82, 2.24) is 9.88 Å². The number of fused-ring (bicyclic) bond motifs is 1. The van der Waals surface area contributed by atoms with E-state index in [1.165, 1.54) is 27.6 Å². The second kappa shape index (κ2) is 7.23. The molecule has 3 aromatic rings. The molecule has 0 saturated heterocycles. The number of nitrogens with zero attached hydrogens (tertiary/aromatic N) is 2. The molecular weight excluding hydrogens is 344 g/mol. The van der Waals surface area contributed by atoms with Crippen LogP contribution in [-0.4, -0.2) is 28.9 Å². The zero-order chi connectivity index (χ0) is 18.9. The van der Waals surface area contributed by atoms with Crippen molar-refractivity contribution in [2.24, 2.45) is 5.92 Å². The molecule has 1 fully saturated rings. The minimum atomic E-state index is 0.327. The minimum Gasteiger partial charge on any atom is -0.338 e. The first kappa shape index (κ1) is 17.2. The molecule has 0 radical (unpaired) electrons. The highest BCUT2D eigenvalue weighted by Crippen LogP contribution is 2.32. The molecule has 2 aromatic carbocycles. The van der Waals surface area contributed by atoms with Crippen LogP contribution in [0.4, 0.5) is 0 Å². The topological polar surface area (TPSA) is 33.2 Å². The van der Waals surface area contributed by atoms with Gasteiger partial charge in [-0.3, -0.25) is 9.78 Å². The molecule has 1 aliphatic carbocycles. The van der Waals surface area contributed by atoms with E-state index in [9.17, 15) is 4.79 Å². The summed E-state index contributed by atoms with van der Waals surface area (Å²) in [6, 6.07) is 19.4. The lowest BCUT2D eigenvalue weighted by Gasteiger charge is -2.26. The van der Waals surface area contributed by atoms with E-state index in [1.54, 1.807) is 0 Å². The number of carbonyl (C=O) groups is 1. The lowest BCUT2D eigenvalue weighted by Crippen LogP contribution is -2.36. The van der Waals surface area contributed by atoms with Gasteiger partial charge in [-0.15, -0.1) is 0 Å². The molecule has 2 heterocycles. The third-order valence-corrected chi connectivity index (χ3v) is 5.87. The quantitative estimate of drug-likeness (QED) is 0.606. The number of pyridine rings is 1. The van der Waals surface area contributed by atoms with Crippen molar-refractivity contribution in [2.45, 2.75) is 25.7 Å². The maximum Gasteiger partial charge on any atom is 0.225 e. The molecular formula is C25H24N2O. The van der Waals surface area contributed by atoms with Crippen LogP contribution in [0.15, 0.2) is 72.4 Å². The molecule has 28 heavy (non-hydrogen) atoms. The summed E-state index contributed by atoms with van der Waals surface area (Å²) in [5, 5.41) is 1.17. The van der Waals surface area contributed by atoms with Gasteiger partial charge in [-0.2, -0.15) is 0 Å². The Hall–Kier alpha value is -2.94. The van der Waals surface area contributed by atoms with Crippen LogP contribution in [0.1, 0.15) is 24.8 Å². The van der Waals surface area contributed by atoms with Crippen LogP contribution in [0.2, 0.25) is 0 Å². The zero-order valence-corrected chi connectivity index (χ0v) is 16.0. The Morgan fingerprint density at radius 3 is 2.61 bits per heavy atom. The van der Waals surface area contributed by atoms with Gasteiger partial charge in [0, 0.05) is 30.6 Å². The Bertz CT molecular complexity index is 1050. The second-order valence-electron chi connectivity index (χ2n) is 7.96. The van der Waals surface area contributed by atoms with Gasteiger partial charge in [0.25, 0.3) is 0 Å². The molecule has 0 unspecified atom stereocenters. The van der Waals surface area contributed by atoms with E-state index in [0.29, 0.717) is 11.8 Å². The summed E-state index contributed by atoms with van der Waals surface area (Å²) in [5.41, 5.74) is 6.22. The van der Waals surface area contributed by atoms with Crippen molar-refractivity contribution in [3.05, 3.63) is 78.0 Å². The van der Waals surface area contributed by atoms with Crippen LogP contribution < -0.4 is 0 Å². The number of rotatable bonds is 4. The van der Waals surface area contributed by atoms with E-state index >= 15 is 0 Å². The Morgan fingerprint density at radius 2 is 1.86 bits per heavy atom. The first-order valence-electron chi connectivity index (χ1n) is 10.2. The van der Waals surface area contributed by atoms with Crippen LogP contribution in [0.25, 0.3) is 22.0 Å². The number of aromatic nitrogens is 1. The lowest BCUT2D eigenvalue weighted by atomic mass is 9.97. The Balaban J connectivity index is 1.26. The molecule has 1 aromatic heterocycles. The van der Waals surface area contributed by atoms with Gasteiger partial charge >= 0.3 is 0 Å². The smallest absolute Gasteiger partial charge is 0.225 e. The fourth-order valence-electron chi connectivity index (χ4n) is 3.98. The van der Waals surface area contributed by atoms with E-state index in [0.717, 1.165) is 44.3 Å². The molecule has 2 aliphatic rings. The summed E-state index contributed by atoms with van der Waals surface area (Å²) in [7, 11) is 0. The SMILES string of the molecule is O=C(C1CC1)N1CC=C(Cc2ccc(-c3ccc4cccnc4c3)cc2)CC1. The lowest BCUT2D eigenvalue weighted by molar-refractivity contribution is -0.132. The monoisotopic (exact) mass is 368 g/mol. The maximum absolute atomic E-state index is 12.2. The Labute approximate surface area is 165 Å². The average Bonchev–Trinajstić information content (AvgIpc) is 3.59. The standard InChI is InChI=1S/C25H24N2O/c28-25(22-8-9-22)27-14-11-19(12-15-27)16-18-3-5-20(6-4-18)23-10-7-21-2-1-13-26-24(21)17-23/h1-7,10-11,13,17,22H,8-9,12,14-16H2. The minimum absolute atomic E-state index is 0.327. The van der Waals surface area contributed by atoms with E-state index in [-0.39, 0.29) is 0 Å². The van der Waals surface area contributed by atoms with Gasteiger partial charge < -0.3 is 4.90 Å². The number of carbonyl (C=O) groups excluding carboxylic acids is 1. The summed E-state index contributed by atoms with van der Waals surface area (Å²) in [5.74, 6) is 0.692. The molecule has 3 heteroatoms. The first-order valence-corrected chi connectivity index (χ1v) is 10.2. The summed E-state index contributed by atoms with van der Waals surface area (Å²) in [6.45, 7) is 1.66. The molecule has 0 bridgehead atoms. The van der Waals surface area contributed by atoms with Crippen molar-refractivity contribution in [2.75, 3.05) is 13.1 Å². The number of hydrogen-bond acceptors (Lipinski definition) is 2. The summed E-state index contributed by atoms with van der Waals surface area (Å²) >= 11 is 0. The number of amides is 1. The maximum atomic E-state index is 12.2. The van der Waals surface area contributed by atoms with E-state index in [1.807, 2.05) is 17.2 Å². The molecule has 0 spiro atoms. The van der Waals surface area contributed by atoms with E-state index < -0.39 is 0 Å². The molecule has 1 saturated carbocycles. The van der Waals surface area contributed by atoms with Crippen molar-refractivity contribution >= 4 is 16.8 Å². The Morgan fingerprint density at radius 1 is 1.04 bits per heavy atom. The molecule has 1 amide bonds. The summed E-state index contributed by atoms with van der Waals surface area (Å²) in [4.78, 5) is 18.7. The zero-order valence-electron chi connectivity index (χ0n) is 16.0. The molecule has 0 atom stereocenters. The largest absolute Gasteiger partial charge is 0.338 e.